The van der Waals surface area contributed by atoms with Crippen LogP contribution < -0.4 is 5.32 Å². The zero-order valence-corrected chi connectivity index (χ0v) is 12.1. The summed E-state index contributed by atoms with van der Waals surface area (Å²) in [6, 6.07) is 0.689. The third kappa shape index (κ3) is 5.37. The Bertz CT molecular complexity index is 453. The summed E-state index contributed by atoms with van der Waals surface area (Å²) in [5.74, 6) is -0.574. The van der Waals surface area contributed by atoms with Crippen LogP contribution in [0.2, 0.25) is 0 Å². The first kappa shape index (κ1) is 16.9. The van der Waals surface area contributed by atoms with Gasteiger partial charge in [-0.3, -0.25) is 9.78 Å². The van der Waals surface area contributed by atoms with Crippen LogP contribution in [0, 0.1) is 9.81 Å². The lowest BCUT2D eigenvalue weighted by Crippen LogP contribution is -2.37. The van der Waals surface area contributed by atoms with E-state index in [1.54, 1.807) is 12.1 Å². The molecule has 1 aromatic heterocycles. The number of hydrogen-bond donors (Lipinski definition) is 1. The molecule has 1 heterocycles. The van der Waals surface area contributed by atoms with Gasteiger partial charge in [0.25, 0.3) is 5.91 Å². The van der Waals surface area contributed by atoms with Crippen molar-refractivity contribution in [3.8, 4) is 0 Å². The van der Waals surface area contributed by atoms with Crippen molar-refractivity contribution in [3.63, 3.8) is 0 Å². The molecule has 0 saturated carbocycles. The van der Waals surface area contributed by atoms with Crippen molar-refractivity contribution >= 4 is 5.91 Å². The van der Waals surface area contributed by atoms with E-state index in [0.29, 0.717) is 12.1 Å². The molecule has 0 spiro atoms. The van der Waals surface area contributed by atoms with E-state index in [4.69, 9.17) is 0 Å². The highest BCUT2D eigenvalue weighted by molar-refractivity contribution is 5.83. The summed E-state index contributed by atoms with van der Waals surface area (Å²) in [6.45, 7) is 2.56. The van der Waals surface area contributed by atoms with Gasteiger partial charge < -0.3 is 5.32 Å². The van der Waals surface area contributed by atoms with Crippen LogP contribution in [-0.2, 0) is 4.79 Å². The predicted molar refractivity (Wildman–Crippen MR) is 79.5 cm³/mol. The van der Waals surface area contributed by atoms with E-state index in [1.165, 1.54) is 12.4 Å². The predicted octanol–water partition coefficient (Wildman–Crippen LogP) is 2.72. The van der Waals surface area contributed by atoms with Crippen molar-refractivity contribution in [2.75, 3.05) is 6.54 Å². The second-order valence-corrected chi connectivity index (χ2v) is 4.74. The molecule has 0 aliphatic rings. The maximum Gasteiger partial charge on any atom is 0.251 e. The summed E-state index contributed by atoms with van der Waals surface area (Å²) in [5, 5.41) is 8.26. The number of carbonyl (C=O) groups is 1. The Morgan fingerprint density at radius 3 is 2.67 bits per heavy atom. The second kappa shape index (κ2) is 9.68. The lowest BCUT2D eigenvalue weighted by molar-refractivity contribution is -0.122. The zero-order valence-electron chi connectivity index (χ0n) is 12.1. The minimum Gasteiger partial charge on any atom is -0.354 e. The van der Waals surface area contributed by atoms with Crippen LogP contribution >= 0.6 is 0 Å². The molecule has 0 saturated heterocycles. The molecular formula is C14H20N4O3. The molecule has 7 nitrogen and oxygen atoms in total. The molecular weight excluding hydrogens is 272 g/mol. The van der Waals surface area contributed by atoms with Gasteiger partial charge in [0.15, 0.2) is 12.1 Å². The number of nitrogens with one attached hydrogen (secondary N) is 1. The van der Waals surface area contributed by atoms with Crippen molar-refractivity contribution in [1.29, 1.82) is 0 Å². The number of nitrogens with zero attached hydrogens (tertiary/aromatic N) is 3. The number of amides is 1. The third-order valence-corrected chi connectivity index (χ3v) is 3.15. The number of aromatic nitrogens is 1. The van der Waals surface area contributed by atoms with Crippen LogP contribution in [0.5, 0.6) is 0 Å². The Kier molecular flexibility index (Phi) is 7.78. The summed E-state index contributed by atoms with van der Waals surface area (Å²) in [6.07, 6.45) is 6.97. The van der Waals surface area contributed by atoms with Crippen molar-refractivity contribution in [3.05, 3.63) is 39.9 Å². The van der Waals surface area contributed by atoms with Crippen LogP contribution in [0.25, 0.3) is 0 Å². The molecule has 1 aromatic rings. The monoisotopic (exact) mass is 292 g/mol. The largest absolute Gasteiger partial charge is 0.354 e. The molecule has 7 heteroatoms. The normalized spacial score (nSPS) is 13.2. The summed E-state index contributed by atoms with van der Waals surface area (Å²) in [4.78, 5) is 37.7. The third-order valence-electron chi connectivity index (χ3n) is 3.15. The van der Waals surface area contributed by atoms with Gasteiger partial charge in [-0.15, -0.1) is 4.91 Å². The number of rotatable bonds is 10. The van der Waals surface area contributed by atoms with E-state index in [2.05, 4.69) is 27.6 Å². The summed E-state index contributed by atoms with van der Waals surface area (Å²) >= 11 is 0. The number of hydrogen-bond acceptors (Lipinski definition) is 6. The molecule has 1 rings (SSSR count). The highest BCUT2D eigenvalue weighted by Crippen LogP contribution is 2.22. The lowest BCUT2D eigenvalue weighted by atomic mass is 10.0. The van der Waals surface area contributed by atoms with Crippen LogP contribution in [-0.4, -0.2) is 23.5 Å². The van der Waals surface area contributed by atoms with Crippen LogP contribution in [0.15, 0.2) is 34.9 Å². The first-order chi connectivity index (χ1) is 10.2. The maximum absolute atomic E-state index is 12.0. The Morgan fingerprint density at radius 1 is 1.29 bits per heavy atom. The summed E-state index contributed by atoms with van der Waals surface area (Å²) < 4.78 is 0. The Morgan fingerprint density at radius 2 is 2.10 bits per heavy atom. The van der Waals surface area contributed by atoms with E-state index in [-0.39, 0.29) is 0 Å². The second-order valence-electron chi connectivity index (χ2n) is 4.74. The van der Waals surface area contributed by atoms with Crippen LogP contribution in [0.1, 0.15) is 44.2 Å². The van der Waals surface area contributed by atoms with Crippen molar-refractivity contribution < 1.29 is 4.79 Å². The average molecular weight is 292 g/mol. The highest BCUT2D eigenvalue weighted by atomic mass is 16.3. The smallest absolute Gasteiger partial charge is 0.251 e. The van der Waals surface area contributed by atoms with E-state index in [1.807, 2.05) is 0 Å². The molecule has 1 N–H and O–H groups in total. The van der Waals surface area contributed by atoms with Gasteiger partial charge in [-0.1, -0.05) is 42.6 Å². The molecule has 0 fully saturated rings. The molecule has 2 unspecified atom stereocenters. The van der Waals surface area contributed by atoms with Crippen molar-refractivity contribution in [2.45, 2.75) is 44.7 Å². The lowest BCUT2D eigenvalue weighted by Gasteiger charge is -2.15. The van der Waals surface area contributed by atoms with Gasteiger partial charge >= 0.3 is 0 Å². The van der Waals surface area contributed by atoms with E-state index in [9.17, 15) is 14.6 Å². The Hall–Kier alpha value is -2.18. The zero-order chi connectivity index (χ0) is 15.5. The molecule has 0 radical (unpaired) electrons. The minimum absolute atomic E-state index is 0.401. The standard InChI is InChI=1S/C14H20N4O3/c1-2-3-4-5-9-16-14(19)13(18-21)12(17-20)11-7-6-8-15-10-11/h6-8,10,12-13H,2-5,9H2,1H3,(H,16,19). The average Bonchev–Trinajstić information content (AvgIpc) is 2.52. The summed E-state index contributed by atoms with van der Waals surface area (Å²) in [7, 11) is 0. The summed E-state index contributed by atoms with van der Waals surface area (Å²) in [5.41, 5.74) is 0.401. The first-order valence-corrected chi connectivity index (χ1v) is 7.07. The number of pyridine rings is 1. The van der Waals surface area contributed by atoms with E-state index in [0.717, 1.165) is 25.7 Å². The maximum atomic E-state index is 12.0. The number of nitroso groups, excluding NO2 is 2. The topological polar surface area (TPSA) is 101 Å². The van der Waals surface area contributed by atoms with E-state index >= 15 is 0 Å². The first-order valence-electron chi connectivity index (χ1n) is 7.07. The molecule has 0 aliphatic carbocycles. The van der Waals surface area contributed by atoms with Crippen molar-refractivity contribution in [2.24, 2.45) is 10.4 Å². The molecule has 0 bridgehead atoms. The van der Waals surface area contributed by atoms with E-state index < -0.39 is 18.0 Å². The highest BCUT2D eigenvalue weighted by Gasteiger charge is 2.32. The van der Waals surface area contributed by atoms with Gasteiger partial charge in [-0.05, 0) is 12.5 Å². The Labute approximate surface area is 123 Å². The van der Waals surface area contributed by atoms with Gasteiger partial charge in [0, 0.05) is 24.5 Å². The fourth-order valence-corrected chi connectivity index (χ4v) is 1.97. The van der Waals surface area contributed by atoms with Gasteiger partial charge in [-0.2, -0.15) is 4.91 Å². The minimum atomic E-state index is -1.36. The van der Waals surface area contributed by atoms with Gasteiger partial charge in [0.1, 0.15) is 0 Å². The number of carbonyl (C=O) groups excluding carboxylic acids is 1. The fourth-order valence-electron chi connectivity index (χ4n) is 1.97. The van der Waals surface area contributed by atoms with Crippen LogP contribution in [0.3, 0.4) is 0 Å². The van der Waals surface area contributed by atoms with Crippen LogP contribution in [0.4, 0.5) is 0 Å². The van der Waals surface area contributed by atoms with Gasteiger partial charge in [0.2, 0.25) is 0 Å². The van der Waals surface area contributed by atoms with Crippen molar-refractivity contribution in [1.82, 2.24) is 10.3 Å². The SMILES string of the molecule is CCCCCCNC(=O)C(N=O)C(N=O)c1cccnc1. The molecule has 21 heavy (non-hydrogen) atoms. The fraction of sp³-hybridized carbons (Fsp3) is 0.571. The Balaban J connectivity index is 2.61. The van der Waals surface area contributed by atoms with Gasteiger partial charge in [-0.25, -0.2) is 0 Å². The van der Waals surface area contributed by atoms with Gasteiger partial charge in [0.05, 0.1) is 0 Å². The molecule has 2 atom stereocenters. The molecule has 1 amide bonds. The molecule has 0 aliphatic heterocycles. The molecule has 114 valence electrons. The molecule has 0 aromatic carbocycles. The number of unbranched alkanes of at least 4 members (excludes halogenated alkanes) is 3. The quantitative estimate of drug-likeness (QED) is 0.529.